The monoisotopic (exact) mass is 276 g/mol. The van der Waals surface area contributed by atoms with Crippen LogP contribution < -0.4 is 4.74 Å². The van der Waals surface area contributed by atoms with Gasteiger partial charge in [-0.1, -0.05) is 19.9 Å². The van der Waals surface area contributed by atoms with E-state index in [1.54, 1.807) is 7.11 Å². The Morgan fingerprint density at radius 3 is 2.40 bits per heavy atom. The Labute approximate surface area is 121 Å². The summed E-state index contributed by atoms with van der Waals surface area (Å²) >= 11 is 0. The molecule has 0 saturated carbocycles. The predicted molar refractivity (Wildman–Crippen MR) is 80.5 cm³/mol. The topological polar surface area (TPSA) is 32.8 Å². The Morgan fingerprint density at radius 1 is 1.20 bits per heavy atom. The molecule has 0 aromatic heterocycles. The summed E-state index contributed by atoms with van der Waals surface area (Å²) in [6, 6.07) is 5.91. The van der Waals surface area contributed by atoms with Gasteiger partial charge in [-0.15, -0.1) is 0 Å². The molecule has 4 nitrogen and oxygen atoms in total. The number of methoxy groups -OCH3 is 1. The minimum absolute atomic E-state index is 0.0810. The van der Waals surface area contributed by atoms with Gasteiger partial charge in [0.1, 0.15) is 5.75 Å². The van der Waals surface area contributed by atoms with Crippen molar-refractivity contribution in [3.63, 3.8) is 0 Å². The van der Waals surface area contributed by atoms with E-state index in [-0.39, 0.29) is 5.91 Å². The molecule has 0 unspecified atom stereocenters. The first kappa shape index (κ1) is 14.9. The van der Waals surface area contributed by atoms with Gasteiger partial charge in [0.2, 0.25) is 0 Å². The smallest absolute Gasteiger partial charge is 0.257 e. The van der Waals surface area contributed by atoms with Gasteiger partial charge in [0.15, 0.2) is 0 Å². The van der Waals surface area contributed by atoms with Gasteiger partial charge in [-0.05, 0) is 30.7 Å². The van der Waals surface area contributed by atoms with E-state index in [1.165, 1.54) is 5.56 Å². The molecule has 1 saturated heterocycles. The van der Waals surface area contributed by atoms with Crippen molar-refractivity contribution >= 4 is 5.91 Å². The second-order valence-corrected chi connectivity index (χ2v) is 5.71. The second-order valence-electron chi connectivity index (χ2n) is 5.71. The molecule has 1 fully saturated rings. The fourth-order valence-corrected chi connectivity index (χ4v) is 2.43. The Kier molecular flexibility index (Phi) is 4.65. The highest BCUT2D eigenvalue weighted by molar-refractivity contribution is 5.97. The van der Waals surface area contributed by atoms with Gasteiger partial charge in [-0.2, -0.15) is 0 Å². The van der Waals surface area contributed by atoms with Crippen molar-refractivity contribution in [3.05, 3.63) is 29.3 Å². The zero-order valence-electron chi connectivity index (χ0n) is 12.8. The van der Waals surface area contributed by atoms with Crippen molar-refractivity contribution in [1.29, 1.82) is 0 Å². The lowest BCUT2D eigenvalue weighted by atomic mass is 9.99. The number of hydrogen-bond acceptors (Lipinski definition) is 3. The SMILES string of the molecule is COc1ccc(C(C)C)cc1C(=O)N1CCN(C)CC1. The minimum Gasteiger partial charge on any atom is -0.496 e. The fraction of sp³-hybridized carbons (Fsp3) is 0.562. The van der Waals surface area contributed by atoms with Crippen LogP contribution in [0.2, 0.25) is 0 Å². The third-order valence-electron chi connectivity index (χ3n) is 3.91. The third-order valence-corrected chi connectivity index (χ3v) is 3.91. The van der Waals surface area contributed by atoms with Crippen molar-refractivity contribution in [1.82, 2.24) is 9.80 Å². The lowest BCUT2D eigenvalue weighted by Crippen LogP contribution is -2.47. The van der Waals surface area contributed by atoms with E-state index in [4.69, 9.17) is 4.74 Å². The molecule has 1 aromatic rings. The maximum absolute atomic E-state index is 12.7. The summed E-state index contributed by atoms with van der Waals surface area (Å²) in [5.74, 6) is 1.15. The number of piperazine rings is 1. The maximum Gasteiger partial charge on any atom is 0.257 e. The Bertz CT molecular complexity index is 477. The van der Waals surface area contributed by atoms with Gasteiger partial charge >= 0.3 is 0 Å². The van der Waals surface area contributed by atoms with Crippen molar-refractivity contribution in [2.24, 2.45) is 0 Å². The number of likely N-dealkylation sites (N-methyl/N-ethyl adjacent to an activating group) is 1. The lowest BCUT2D eigenvalue weighted by Gasteiger charge is -2.32. The number of nitrogens with zero attached hydrogens (tertiary/aromatic N) is 2. The molecule has 0 radical (unpaired) electrons. The molecular weight excluding hydrogens is 252 g/mol. The lowest BCUT2D eigenvalue weighted by molar-refractivity contribution is 0.0660. The second kappa shape index (κ2) is 6.27. The first-order chi connectivity index (χ1) is 9.52. The van der Waals surface area contributed by atoms with Crippen molar-refractivity contribution in [2.75, 3.05) is 40.3 Å². The van der Waals surface area contributed by atoms with E-state index >= 15 is 0 Å². The van der Waals surface area contributed by atoms with Crippen LogP contribution in [0.1, 0.15) is 35.7 Å². The van der Waals surface area contributed by atoms with Gasteiger partial charge < -0.3 is 14.5 Å². The molecule has 1 aliphatic heterocycles. The molecule has 4 heteroatoms. The van der Waals surface area contributed by atoms with E-state index in [0.29, 0.717) is 17.2 Å². The summed E-state index contributed by atoms with van der Waals surface area (Å²) in [6.07, 6.45) is 0. The van der Waals surface area contributed by atoms with Gasteiger partial charge in [0, 0.05) is 26.2 Å². The van der Waals surface area contributed by atoms with Crippen molar-refractivity contribution in [2.45, 2.75) is 19.8 Å². The molecule has 0 aliphatic carbocycles. The molecule has 1 amide bonds. The molecule has 20 heavy (non-hydrogen) atoms. The van der Waals surface area contributed by atoms with E-state index in [1.807, 2.05) is 23.1 Å². The van der Waals surface area contributed by atoms with Crippen LogP contribution in [0, 0.1) is 0 Å². The van der Waals surface area contributed by atoms with Gasteiger partial charge in [0.25, 0.3) is 5.91 Å². The van der Waals surface area contributed by atoms with Crippen LogP contribution in [0.5, 0.6) is 5.75 Å². The van der Waals surface area contributed by atoms with Gasteiger partial charge in [-0.25, -0.2) is 0 Å². The van der Waals surface area contributed by atoms with Crippen LogP contribution in [0.25, 0.3) is 0 Å². The number of amides is 1. The average molecular weight is 276 g/mol. The van der Waals surface area contributed by atoms with Crippen molar-refractivity contribution < 1.29 is 9.53 Å². The molecular formula is C16H24N2O2. The summed E-state index contributed by atoms with van der Waals surface area (Å²) in [7, 11) is 3.70. The zero-order valence-corrected chi connectivity index (χ0v) is 12.8. The molecule has 0 bridgehead atoms. The Hall–Kier alpha value is -1.55. The first-order valence-electron chi connectivity index (χ1n) is 7.18. The molecule has 0 atom stereocenters. The van der Waals surface area contributed by atoms with Crippen LogP contribution in [-0.2, 0) is 0 Å². The fourth-order valence-electron chi connectivity index (χ4n) is 2.43. The molecule has 1 aromatic carbocycles. The Balaban J connectivity index is 2.25. The summed E-state index contributed by atoms with van der Waals surface area (Å²) < 4.78 is 5.36. The van der Waals surface area contributed by atoms with Gasteiger partial charge in [-0.3, -0.25) is 4.79 Å². The summed E-state index contributed by atoms with van der Waals surface area (Å²) in [5.41, 5.74) is 1.85. The normalized spacial score (nSPS) is 16.6. The highest BCUT2D eigenvalue weighted by Gasteiger charge is 2.23. The number of rotatable bonds is 3. The Morgan fingerprint density at radius 2 is 1.85 bits per heavy atom. The summed E-state index contributed by atoms with van der Waals surface area (Å²) in [4.78, 5) is 16.8. The highest BCUT2D eigenvalue weighted by Crippen LogP contribution is 2.25. The van der Waals surface area contributed by atoms with Crippen molar-refractivity contribution in [3.8, 4) is 5.75 Å². The zero-order chi connectivity index (χ0) is 14.7. The van der Waals surface area contributed by atoms with Crippen LogP contribution in [0.4, 0.5) is 0 Å². The number of carbonyl (C=O) groups excluding carboxylic acids is 1. The maximum atomic E-state index is 12.7. The van der Waals surface area contributed by atoms with Gasteiger partial charge in [0.05, 0.1) is 12.7 Å². The van der Waals surface area contributed by atoms with Crippen LogP contribution in [0.3, 0.4) is 0 Å². The van der Waals surface area contributed by atoms with E-state index < -0.39 is 0 Å². The molecule has 0 spiro atoms. The molecule has 110 valence electrons. The summed E-state index contributed by atoms with van der Waals surface area (Å²) in [6.45, 7) is 7.68. The summed E-state index contributed by atoms with van der Waals surface area (Å²) in [5, 5.41) is 0. The van der Waals surface area contributed by atoms with Crippen LogP contribution in [0.15, 0.2) is 18.2 Å². The number of benzene rings is 1. The average Bonchev–Trinajstić information content (AvgIpc) is 2.46. The van der Waals surface area contributed by atoms with E-state index in [0.717, 1.165) is 26.2 Å². The number of hydrogen-bond donors (Lipinski definition) is 0. The van der Waals surface area contributed by atoms with Crippen LogP contribution in [-0.4, -0.2) is 56.0 Å². The third kappa shape index (κ3) is 3.12. The molecule has 1 heterocycles. The van der Waals surface area contributed by atoms with E-state index in [9.17, 15) is 4.79 Å². The number of carbonyl (C=O) groups is 1. The van der Waals surface area contributed by atoms with E-state index in [2.05, 4.69) is 25.8 Å². The minimum atomic E-state index is 0.0810. The standard InChI is InChI=1S/C16H24N2O2/c1-12(2)13-5-6-15(20-4)14(11-13)16(19)18-9-7-17(3)8-10-18/h5-6,11-12H,7-10H2,1-4H3. The van der Waals surface area contributed by atoms with Crippen LogP contribution >= 0.6 is 0 Å². The number of ether oxygens (including phenoxy) is 1. The molecule has 1 aliphatic rings. The molecule has 0 N–H and O–H groups in total. The molecule has 2 rings (SSSR count). The highest BCUT2D eigenvalue weighted by atomic mass is 16.5. The first-order valence-corrected chi connectivity index (χ1v) is 7.18. The largest absolute Gasteiger partial charge is 0.496 e. The predicted octanol–water partition coefficient (Wildman–Crippen LogP) is 2.21. The quantitative estimate of drug-likeness (QED) is 0.848.